The van der Waals surface area contributed by atoms with Crippen molar-refractivity contribution in [2.75, 3.05) is 11.9 Å². The zero-order valence-electron chi connectivity index (χ0n) is 18.5. The van der Waals surface area contributed by atoms with Gasteiger partial charge in [0.2, 0.25) is 5.91 Å². The second kappa shape index (κ2) is 9.48. The van der Waals surface area contributed by atoms with Gasteiger partial charge in [0.05, 0.1) is 11.1 Å². The summed E-state index contributed by atoms with van der Waals surface area (Å²) >= 11 is 0. The van der Waals surface area contributed by atoms with Crippen LogP contribution in [0.2, 0.25) is 0 Å². The van der Waals surface area contributed by atoms with Gasteiger partial charge in [-0.05, 0) is 36.8 Å². The first-order chi connectivity index (χ1) is 16.0. The Balaban J connectivity index is 1.77. The first-order valence-corrected chi connectivity index (χ1v) is 10.7. The van der Waals surface area contributed by atoms with E-state index in [0.29, 0.717) is 35.2 Å². The number of anilines is 1. The van der Waals surface area contributed by atoms with Crippen LogP contribution in [0.15, 0.2) is 83.7 Å². The summed E-state index contributed by atoms with van der Waals surface area (Å²) in [4.78, 5) is 40.0. The summed E-state index contributed by atoms with van der Waals surface area (Å²) in [6.07, 6.45) is 0. The molecule has 0 fully saturated rings. The highest BCUT2D eigenvalue weighted by molar-refractivity contribution is 6.11. The van der Waals surface area contributed by atoms with Gasteiger partial charge in [0, 0.05) is 31.1 Å². The van der Waals surface area contributed by atoms with E-state index >= 15 is 0 Å². The Hall–Kier alpha value is -4.26. The number of benzene rings is 3. The van der Waals surface area contributed by atoms with Gasteiger partial charge in [-0.15, -0.1) is 0 Å². The standard InChI is InChI=1S/C26H24N4O3/c1-3-29(18(2)31)17-19-11-7-10-16-23(19)27-25(32)24-21-14-8-9-15-22(21)26(33)30(28-24)20-12-5-4-6-13-20/h4-16H,3,17H2,1-2H3,(H,27,32). The molecule has 0 aliphatic heterocycles. The Bertz CT molecular complexity index is 1380. The SMILES string of the molecule is CCN(Cc1ccccc1NC(=O)c1nn(-c2ccccc2)c(=O)c2ccccc12)C(C)=O. The van der Waals surface area contributed by atoms with Gasteiger partial charge < -0.3 is 10.2 Å². The van der Waals surface area contributed by atoms with Gasteiger partial charge in [0.1, 0.15) is 0 Å². The number of para-hydroxylation sites is 2. The Morgan fingerprint density at radius 1 is 0.909 bits per heavy atom. The number of carbonyl (C=O) groups is 2. The van der Waals surface area contributed by atoms with Crippen molar-refractivity contribution in [2.24, 2.45) is 0 Å². The maximum Gasteiger partial charge on any atom is 0.279 e. The lowest BCUT2D eigenvalue weighted by atomic mass is 10.1. The topological polar surface area (TPSA) is 84.3 Å². The summed E-state index contributed by atoms with van der Waals surface area (Å²) in [5.74, 6) is -0.476. The second-order valence-electron chi connectivity index (χ2n) is 7.59. The number of aromatic nitrogens is 2. The molecule has 4 rings (SSSR count). The minimum absolute atomic E-state index is 0.0405. The van der Waals surface area contributed by atoms with Crippen LogP contribution in [0.4, 0.5) is 5.69 Å². The quantitative estimate of drug-likeness (QED) is 0.491. The highest BCUT2D eigenvalue weighted by Gasteiger charge is 2.19. The number of carbonyl (C=O) groups excluding carboxylic acids is 2. The third kappa shape index (κ3) is 4.52. The molecule has 1 heterocycles. The lowest BCUT2D eigenvalue weighted by Gasteiger charge is -2.21. The molecule has 0 aliphatic carbocycles. The summed E-state index contributed by atoms with van der Waals surface area (Å²) < 4.78 is 1.25. The van der Waals surface area contributed by atoms with Crippen LogP contribution in [-0.4, -0.2) is 33.0 Å². The van der Waals surface area contributed by atoms with Crippen molar-refractivity contribution in [2.45, 2.75) is 20.4 Å². The third-order valence-corrected chi connectivity index (χ3v) is 5.47. The Morgan fingerprint density at radius 2 is 1.55 bits per heavy atom. The fraction of sp³-hybridized carbons (Fsp3) is 0.154. The average Bonchev–Trinajstić information content (AvgIpc) is 2.84. The first-order valence-electron chi connectivity index (χ1n) is 10.7. The van der Waals surface area contributed by atoms with E-state index in [0.717, 1.165) is 5.56 Å². The number of hydrogen-bond acceptors (Lipinski definition) is 4. The number of amides is 2. The van der Waals surface area contributed by atoms with Gasteiger partial charge >= 0.3 is 0 Å². The van der Waals surface area contributed by atoms with Crippen LogP contribution in [-0.2, 0) is 11.3 Å². The molecule has 0 saturated carbocycles. The molecular formula is C26H24N4O3. The second-order valence-corrected chi connectivity index (χ2v) is 7.59. The van der Waals surface area contributed by atoms with E-state index in [-0.39, 0.29) is 17.2 Å². The molecule has 4 aromatic rings. The zero-order valence-corrected chi connectivity index (χ0v) is 18.5. The summed E-state index contributed by atoms with van der Waals surface area (Å²) in [7, 11) is 0. The Morgan fingerprint density at radius 3 is 2.24 bits per heavy atom. The number of fused-ring (bicyclic) bond motifs is 1. The molecule has 166 valence electrons. The molecule has 1 aromatic heterocycles. The molecule has 0 saturated heterocycles. The van der Waals surface area contributed by atoms with Crippen LogP contribution in [0.1, 0.15) is 29.9 Å². The smallest absolute Gasteiger partial charge is 0.279 e. The largest absolute Gasteiger partial charge is 0.339 e. The van der Waals surface area contributed by atoms with E-state index in [1.165, 1.54) is 11.6 Å². The monoisotopic (exact) mass is 440 g/mol. The normalized spacial score (nSPS) is 10.7. The molecule has 7 heteroatoms. The molecule has 3 aromatic carbocycles. The summed E-state index contributed by atoms with van der Waals surface area (Å²) in [5.41, 5.74) is 1.81. The third-order valence-electron chi connectivity index (χ3n) is 5.47. The van der Waals surface area contributed by atoms with Gasteiger partial charge in [0.25, 0.3) is 11.5 Å². The van der Waals surface area contributed by atoms with Crippen LogP contribution in [0, 0.1) is 0 Å². The first kappa shape index (κ1) is 22.0. The zero-order chi connectivity index (χ0) is 23.4. The number of nitrogens with one attached hydrogen (secondary N) is 1. The molecule has 0 spiro atoms. The van der Waals surface area contributed by atoms with Crippen LogP contribution in [0.25, 0.3) is 16.5 Å². The predicted molar refractivity (Wildman–Crippen MR) is 129 cm³/mol. The molecule has 33 heavy (non-hydrogen) atoms. The Labute approximate surface area is 191 Å². The fourth-order valence-corrected chi connectivity index (χ4v) is 3.71. The van der Waals surface area contributed by atoms with Gasteiger partial charge in [-0.2, -0.15) is 9.78 Å². The maximum absolute atomic E-state index is 13.4. The Kier molecular flexibility index (Phi) is 6.31. The van der Waals surface area contributed by atoms with Crippen molar-refractivity contribution in [3.8, 4) is 5.69 Å². The van der Waals surface area contributed by atoms with Crippen LogP contribution in [0.3, 0.4) is 0 Å². The molecule has 0 unspecified atom stereocenters. The van der Waals surface area contributed by atoms with Crippen LogP contribution < -0.4 is 10.9 Å². The summed E-state index contributed by atoms with van der Waals surface area (Å²) in [6.45, 7) is 4.37. The lowest BCUT2D eigenvalue weighted by Crippen LogP contribution is -2.29. The van der Waals surface area contributed by atoms with Crippen molar-refractivity contribution in [3.63, 3.8) is 0 Å². The van der Waals surface area contributed by atoms with Gasteiger partial charge in [-0.3, -0.25) is 14.4 Å². The number of rotatable bonds is 6. The fourth-order valence-electron chi connectivity index (χ4n) is 3.71. The van der Waals surface area contributed by atoms with Gasteiger partial charge in [-0.25, -0.2) is 0 Å². The van der Waals surface area contributed by atoms with Crippen molar-refractivity contribution in [3.05, 3.63) is 100 Å². The molecule has 7 nitrogen and oxygen atoms in total. The minimum atomic E-state index is -0.436. The molecule has 0 atom stereocenters. The highest BCUT2D eigenvalue weighted by Crippen LogP contribution is 2.21. The highest BCUT2D eigenvalue weighted by atomic mass is 16.2. The average molecular weight is 441 g/mol. The van der Waals surface area contributed by atoms with E-state index in [2.05, 4.69) is 10.4 Å². The molecule has 0 aliphatic rings. The molecule has 0 radical (unpaired) electrons. The van der Waals surface area contributed by atoms with E-state index in [4.69, 9.17) is 0 Å². The number of nitrogens with zero attached hydrogens (tertiary/aromatic N) is 3. The van der Waals surface area contributed by atoms with Crippen molar-refractivity contribution >= 4 is 28.3 Å². The van der Waals surface area contributed by atoms with E-state index in [9.17, 15) is 14.4 Å². The van der Waals surface area contributed by atoms with Crippen molar-refractivity contribution in [1.29, 1.82) is 0 Å². The molecule has 2 amide bonds. The molecular weight excluding hydrogens is 416 g/mol. The van der Waals surface area contributed by atoms with Gasteiger partial charge in [0.15, 0.2) is 5.69 Å². The van der Waals surface area contributed by atoms with Crippen LogP contribution in [0.5, 0.6) is 0 Å². The minimum Gasteiger partial charge on any atom is -0.339 e. The van der Waals surface area contributed by atoms with Gasteiger partial charge in [-0.1, -0.05) is 54.6 Å². The van der Waals surface area contributed by atoms with E-state index < -0.39 is 5.91 Å². The van der Waals surface area contributed by atoms with E-state index in [1.54, 1.807) is 47.4 Å². The van der Waals surface area contributed by atoms with Crippen molar-refractivity contribution < 1.29 is 9.59 Å². The van der Waals surface area contributed by atoms with E-state index in [1.807, 2.05) is 43.3 Å². The predicted octanol–water partition coefficient (Wildman–Crippen LogP) is 4.01. The van der Waals surface area contributed by atoms with Crippen molar-refractivity contribution in [1.82, 2.24) is 14.7 Å². The lowest BCUT2D eigenvalue weighted by molar-refractivity contribution is -0.129. The maximum atomic E-state index is 13.4. The molecule has 1 N–H and O–H groups in total. The number of hydrogen-bond donors (Lipinski definition) is 1. The summed E-state index contributed by atoms with van der Waals surface area (Å²) in [6, 6.07) is 23.3. The van der Waals surface area contributed by atoms with Crippen LogP contribution >= 0.6 is 0 Å². The molecule has 0 bridgehead atoms. The summed E-state index contributed by atoms with van der Waals surface area (Å²) in [5, 5.41) is 8.24.